The van der Waals surface area contributed by atoms with E-state index < -0.39 is 0 Å². The number of ether oxygens (including phenoxy) is 1. The second-order valence-corrected chi connectivity index (χ2v) is 8.19. The molecule has 0 bridgehead atoms. The highest BCUT2D eigenvalue weighted by Crippen LogP contribution is 2.38. The molecular formula is C24H24N2O2S. The lowest BCUT2D eigenvalue weighted by Crippen LogP contribution is -2.34. The van der Waals surface area contributed by atoms with E-state index in [4.69, 9.17) is 4.74 Å². The maximum absolute atomic E-state index is 12.9. The van der Waals surface area contributed by atoms with Gasteiger partial charge in [0.25, 0.3) is 0 Å². The first-order valence-corrected chi connectivity index (χ1v) is 10.8. The zero-order chi connectivity index (χ0) is 20.1. The standard InChI is InChI=1S/C24H24N2O2S/c1-18-7-5-6-10-22(18)25-24(27)26-15-16-29-23(26)20-11-13-21(14-12-20)28-17-19-8-3-2-4-9-19/h2-14,23H,15-17H2,1H3,(H,25,27)/t23-/m0/s1. The Hall–Kier alpha value is -2.92. The summed E-state index contributed by atoms with van der Waals surface area (Å²) in [5, 5.41) is 3.07. The molecule has 5 heteroatoms. The summed E-state index contributed by atoms with van der Waals surface area (Å²) in [6, 6.07) is 26.0. The Kier molecular flexibility index (Phi) is 6.06. The first-order chi connectivity index (χ1) is 14.2. The molecule has 0 aromatic heterocycles. The first kappa shape index (κ1) is 19.4. The summed E-state index contributed by atoms with van der Waals surface area (Å²) in [6.45, 7) is 3.28. The van der Waals surface area contributed by atoms with Gasteiger partial charge in [-0.25, -0.2) is 4.79 Å². The fourth-order valence-electron chi connectivity index (χ4n) is 3.32. The first-order valence-electron chi connectivity index (χ1n) is 9.72. The van der Waals surface area contributed by atoms with Gasteiger partial charge >= 0.3 is 6.03 Å². The molecule has 1 aliphatic heterocycles. The van der Waals surface area contributed by atoms with Gasteiger partial charge in [-0.1, -0.05) is 60.7 Å². The smallest absolute Gasteiger partial charge is 0.323 e. The van der Waals surface area contributed by atoms with Gasteiger partial charge in [0.2, 0.25) is 0 Å². The molecule has 4 rings (SSSR count). The molecule has 3 aromatic carbocycles. The molecule has 1 aliphatic rings. The zero-order valence-corrected chi connectivity index (χ0v) is 17.2. The van der Waals surface area contributed by atoms with Crippen LogP contribution in [0.15, 0.2) is 78.9 Å². The fraction of sp³-hybridized carbons (Fsp3) is 0.208. The van der Waals surface area contributed by atoms with Crippen LogP contribution in [0.25, 0.3) is 0 Å². The third kappa shape index (κ3) is 4.74. The third-order valence-electron chi connectivity index (χ3n) is 4.95. The van der Waals surface area contributed by atoms with E-state index in [0.717, 1.165) is 40.4 Å². The molecule has 1 N–H and O–H groups in total. The number of amides is 2. The number of carbonyl (C=O) groups is 1. The Balaban J connectivity index is 1.40. The maximum Gasteiger partial charge on any atom is 0.323 e. The third-order valence-corrected chi connectivity index (χ3v) is 6.21. The molecule has 3 aromatic rings. The molecule has 0 radical (unpaired) electrons. The molecule has 0 aliphatic carbocycles. The number of anilines is 1. The summed E-state index contributed by atoms with van der Waals surface area (Å²) in [7, 11) is 0. The highest BCUT2D eigenvalue weighted by molar-refractivity contribution is 7.99. The monoisotopic (exact) mass is 404 g/mol. The SMILES string of the molecule is Cc1ccccc1NC(=O)N1CCS[C@H]1c1ccc(OCc2ccccc2)cc1. The van der Waals surface area contributed by atoms with Crippen LogP contribution in [0.3, 0.4) is 0 Å². The molecule has 1 heterocycles. The van der Waals surface area contributed by atoms with Gasteiger partial charge in [-0.3, -0.25) is 0 Å². The van der Waals surface area contributed by atoms with E-state index in [1.807, 2.05) is 66.4 Å². The Morgan fingerprint density at radius 3 is 2.52 bits per heavy atom. The van der Waals surface area contributed by atoms with Crippen molar-refractivity contribution in [1.29, 1.82) is 0 Å². The van der Waals surface area contributed by atoms with E-state index >= 15 is 0 Å². The molecule has 0 saturated carbocycles. The summed E-state index contributed by atoms with van der Waals surface area (Å²) in [5.74, 6) is 1.76. The minimum atomic E-state index is -0.0568. The zero-order valence-electron chi connectivity index (χ0n) is 16.4. The largest absolute Gasteiger partial charge is 0.489 e. The summed E-state index contributed by atoms with van der Waals surface area (Å²) in [5.41, 5.74) is 4.17. The lowest BCUT2D eigenvalue weighted by Gasteiger charge is -2.25. The predicted octanol–water partition coefficient (Wildman–Crippen LogP) is 5.85. The van der Waals surface area contributed by atoms with E-state index in [1.165, 1.54) is 0 Å². The number of carbonyl (C=O) groups excluding carboxylic acids is 1. The van der Waals surface area contributed by atoms with Gasteiger partial charge in [0.05, 0.1) is 0 Å². The van der Waals surface area contributed by atoms with Gasteiger partial charge in [-0.15, -0.1) is 11.8 Å². The average Bonchev–Trinajstić information content (AvgIpc) is 3.25. The Bertz CT molecular complexity index is 960. The van der Waals surface area contributed by atoms with E-state index in [2.05, 4.69) is 29.6 Å². The number of hydrogen-bond acceptors (Lipinski definition) is 3. The highest BCUT2D eigenvalue weighted by atomic mass is 32.2. The second kappa shape index (κ2) is 9.05. The van der Waals surface area contributed by atoms with E-state index in [9.17, 15) is 4.79 Å². The molecule has 29 heavy (non-hydrogen) atoms. The molecule has 4 nitrogen and oxygen atoms in total. The van der Waals surface area contributed by atoms with Crippen LogP contribution in [0, 0.1) is 6.92 Å². The number of hydrogen-bond donors (Lipinski definition) is 1. The number of nitrogens with one attached hydrogen (secondary N) is 1. The second-order valence-electron chi connectivity index (χ2n) is 7.00. The summed E-state index contributed by atoms with van der Waals surface area (Å²) in [6.07, 6.45) is 0. The minimum absolute atomic E-state index is 0.0159. The Labute approximate surface area is 175 Å². The Morgan fingerprint density at radius 1 is 1.03 bits per heavy atom. The molecule has 2 amide bonds. The van der Waals surface area contributed by atoms with Crippen LogP contribution in [0.5, 0.6) is 5.75 Å². The van der Waals surface area contributed by atoms with Crippen molar-refractivity contribution in [2.45, 2.75) is 18.9 Å². The van der Waals surface area contributed by atoms with Crippen molar-refractivity contribution in [3.63, 3.8) is 0 Å². The number of urea groups is 1. The van der Waals surface area contributed by atoms with E-state index in [1.54, 1.807) is 11.8 Å². The predicted molar refractivity (Wildman–Crippen MR) is 119 cm³/mol. The average molecular weight is 405 g/mol. The normalized spacial score (nSPS) is 15.9. The van der Waals surface area contributed by atoms with Gasteiger partial charge in [0.1, 0.15) is 17.7 Å². The van der Waals surface area contributed by atoms with Crippen molar-refractivity contribution in [1.82, 2.24) is 4.90 Å². The number of aryl methyl sites for hydroxylation is 1. The number of para-hydroxylation sites is 1. The van der Waals surface area contributed by atoms with Crippen LogP contribution in [-0.2, 0) is 6.61 Å². The van der Waals surface area contributed by atoms with Gasteiger partial charge in [0, 0.05) is 18.0 Å². The van der Waals surface area contributed by atoms with E-state index in [0.29, 0.717) is 6.61 Å². The topological polar surface area (TPSA) is 41.6 Å². The molecule has 148 valence electrons. The summed E-state index contributed by atoms with van der Waals surface area (Å²) >= 11 is 1.79. The Morgan fingerprint density at radius 2 is 1.76 bits per heavy atom. The molecule has 1 saturated heterocycles. The number of nitrogens with zero attached hydrogens (tertiary/aromatic N) is 1. The number of thioether (sulfide) groups is 1. The van der Waals surface area contributed by atoms with Crippen molar-refractivity contribution in [3.05, 3.63) is 95.6 Å². The van der Waals surface area contributed by atoms with Crippen LogP contribution in [0.4, 0.5) is 10.5 Å². The molecule has 1 atom stereocenters. The summed E-state index contributed by atoms with van der Waals surface area (Å²) < 4.78 is 5.88. The molecule has 0 spiro atoms. The summed E-state index contributed by atoms with van der Waals surface area (Å²) in [4.78, 5) is 14.8. The van der Waals surface area contributed by atoms with Crippen molar-refractivity contribution >= 4 is 23.5 Å². The maximum atomic E-state index is 12.9. The van der Waals surface area contributed by atoms with Gasteiger partial charge in [-0.2, -0.15) is 0 Å². The quantitative estimate of drug-likeness (QED) is 0.580. The van der Waals surface area contributed by atoms with Crippen molar-refractivity contribution < 1.29 is 9.53 Å². The fourth-order valence-corrected chi connectivity index (χ4v) is 4.58. The van der Waals surface area contributed by atoms with Gasteiger partial charge < -0.3 is 15.0 Å². The van der Waals surface area contributed by atoms with Crippen LogP contribution in [-0.4, -0.2) is 23.2 Å². The van der Waals surface area contributed by atoms with Crippen LogP contribution in [0.2, 0.25) is 0 Å². The van der Waals surface area contributed by atoms with E-state index in [-0.39, 0.29) is 11.4 Å². The van der Waals surface area contributed by atoms with Crippen molar-refractivity contribution in [3.8, 4) is 5.75 Å². The lowest BCUT2D eigenvalue weighted by atomic mass is 10.2. The molecule has 1 fully saturated rings. The highest BCUT2D eigenvalue weighted by Gasteiger charge is 2.30. The van der Waals surface area contributed by atoms with Gasteiger partial charge in [-0.05, 0) is 41.8 Å². The number of benzene rings is 3. The lowest BCUT2D eigenvalue weighted by molar-refractivity contribution is 0.214. The molecular weight excluding hydrogens is 380 g/mol. The number of rotatable bonds is 5. The van der Waals surface area contributed by atoms with Crippen molar-refractivity contribution in [2.24, 2.45) is 0 Å². The van der Waals surface area contributed by atoms with Crippen LogP contribution >= 0.6 is 11.8 Å². The molecule has 0 unspecified atom stereocenters. The van der Waals surface area contributed by atoms with Crippen LogP contribution < -0.4 is 10.1 Å². The van der Waals surface area contributed by atoms with Gasteiger partial charge in [0.15, 0.2) is 0 Å². The minimum Gasteiger partial charge on any atom is -0.489 e. The van der Waals surface area contributed by atoms with Crippen LogP contribution in [0.1, 0.15) is 22.1 Å². The van der Waals surface area contributed by atoms with Crippen molar-refractivity contribution in [2.75, 3.05) is 17.6 Å².